The van der Waals surface area contributed by atoms with Crippen LogP contribution in [0.3, 0.4) is 0 Å². The molecule has 118 valence electrons. The molecule has 0 spiro atoms. The highest BCUT2D eigenvalue weighted by Crippen LogP contribution is 2.24. The third-order valence-electron chi connectivity index (χ3n) is 3.32. The van der Waals surface area contributed by atoms with E-state index >= 15 is 0 Å². The van der Waals surface area contributed by atoms with Gasteiger partial charge in [-0.25, -0.2) is 0 Å². The molecule has 2 aromatic rings. The molecule has 5 heteroatoms. The van der Waals surface area contributed by atoms with Crippen LogP contribution < -0.4 is 10.1 Å². The highest BCUT2D eigenvalue weighted by molar-refractivity contribution is 5.89. The van der Waals surface area contributed by atoms with Crippen molar-refractivity contribution in [1.29, 1.82) is 0 Å². The number of aromatic nitrogens is 1. The van der Waals surface area contributed by atoms with Gasteiger partial charge in [0.25, 0.3) is 0 Å². The van der Waals surface area contributed by atoms with E-state index in [4.69, 9.17) is 9.26 Å². The van der Waals surface area contributed by atoms with Crippen LogP contribution in [0.1, 0.15) is 38.5 Å². The second-order valence-corrected chi connectivity index (χ2v) is 6.22. The van der Waals surface area contributed by atoms with Crippen LogP contribution in [0.4, 0.5) is 5.82 Å². The Bertz CT molecular complexity index is 624. The molecule has 0 atom stereocenters. The maximum atomic E-state index is 12.0. The van der Waals surface area contributed by atoms with Crippen molar-refractivity contribution in [3.05, 3.63) is 41.7 Å². The highest BCUT2D eigenvalue weighted by Gasteiger charge is 2.20. The summed E-state index contributed by atoms with van der Waals surface area (Å²) in [6.45, 7) is 6.09. The second-order valence-electron chi connectivity index (χ2n) is 6.22. The average molecular weight is 302 g/mol. The summed E-state index contributed by atoms with van der Waals surface area (Å²) in [6.07, 6.45) is 1.06. The molecule has 1 aromatic carbocycles. The van der Waals surface area contributed by atoms with Gasteiger partial charge in [0.1, 0.15) is 11.5 Å². The van der Waals surface area contributed by atoms with E-state index in [9.17, 15) is 4.79 Å². The van der Waals surface area contributed by atoms with E-state index < -0.39 is 0 Å². The number of nitrogens with one attached hydrogen (secondary N) is 1. The van der Waals surface area contributed by atoms with Crippen molar-refractivity contribution < 1.29 is 14.1 Å². The second kappa shape index (κ2) is 6.64. The molecule has 1 amide bonds. The van der Waals surface area contributed by atoms with Crippen molar-refractivity contribution in [1.82, 2.24) is 5.16 Å². The molecule has 0 saturated carbocycles. The van der Waals surface area contributed by atoms with Crippen molar-refractivity contribution >= 4 is 11.7 Å². The molecule has 22 heavy (non-hydrogen) atoms. The first-order valence-corrected chi connectivity index (χ1v) is 7.28. The van der Waals surface area contributed by atoms with Crippen LogP contribution in [0.5, 0.6) is 5.75 Å². The van der Waals surface area contributed by atoms with Crippen molar-refractivity contribution in [2.24, 2.45) is 0 Å². The first-order chi connectivity index (χ1) is 10.4. The van der Waals surface area contributed by atoms with Crippen LogP contribution in [-0.2, 0) is 16.6 Å². The Morgan fingerprint density at radius 2 is 1.95 bits per heavy atom. The summed E-state index contributed by atoms with van der Waals surface area (Å²) >= 11 is 0. The molecule has 1 aromatic heterocycles. The third kappa shape index (κ3) is 4.35. The molecule has 0 saturated heterocycles. The lowest BCUT2D eigenvalue weighted by atomic mass is 9.93. The summed E-state index contributed by atoms with van der Waals surface area (Å²) in [6, 6.07) is 9.46. The van der Waals surface area contributed by atoms with Gasteiger partial charge < -0.3 is 14.6 Å². The van der Waals surface area contributed by atoms with Gasteiger partial charge in [-0.3, -0.25) is 4.79 Å². The lowest BCUT2D eigenvalue weighted by Gasteiger charge is -2.12. The number of ether oxygens (including phenoxy) is 1. The zero-order chi connectivity index (χ0) is 16.2. The van der Waals surface area contributed by atoms with E-state index in [0.717, 1.165) is 17.1 Å². The summed E-state index contributed by atoms with van der Waals surface area (Å²) < 4.78 is 10.3. The summed E-state index contributed by atoms with van der Waals surface area (Å²) in [7, 11) is 1.63. The fourth-order valence-electron chi connectivity index (χ4n) is 1.94. The summed E-state index contributed by atoms with van der Waals surface area (Å²) in [4.78, 5) is 12.0. The van der Waals surface area contributed by atoms with E-state index in [1.165, 1.54) is 0 Å². The van der Waals surface area contributed by atoms with Gasteiger partial charge in [0.2, 0.25) is 5.91 Å². The van der Waals surface area contributed by atoms with Gasteiger partial charge in [0.15, 0.2) is 5.82 Å². The molecular formula is C17H22N2O3. The van der Waals surface area contributed by atoms with Crippen LogP contribution in [0.15, 0.2) is 34.9 Å². The number of amides is 1. The lowest BCUT2D eigenvalue weighted by Crippen LogP contribution is -2.13. The molecule has 0 fully saturated rings. The largest absolute Gasteiger partial charge is 0.497 e. The number of rotatable bonds is 5. The molecule has 0 aliphatic rings. The molecule has 5 nitrogen and oxygen atoms in total. The summed E-state index contributed by atoms with van der Waals surface area (Å²) in [5.41, 5.74) is 0.963. The Labute approximate surface area is 130 Å². The van der Waals surface area contributed by atoms with Crippen LogP contribution >= 0.6 is 0 Å². The topological polar surface area (TPSA) is 64.4 Å². The number of methoxy groups -OCH3 is 1. The van der Waals surface area contributed by atoms with Crippen LogP contribution in [0.25, 0.3) is 0 Å². The molecule has 0 bridgehead atoms. The lowest BCUT2D eigenvalue weighted by molar-refractivity contribution is -0.116. The zero-order valence-corrected chi connectivity index (χ0v) is 13.5. The van der Waals surface area contributed by atoms with Crippen molar-refractivity contribution in [3.8, 4) is 5.75 Å². The van der Waals surface area contributed by atoms with Crippen molar-refractivity contribution in [2.75, 3.05) is 12.4 Å². The molecule has 0 aliphatic heterocycles. The Morgan fingerprint density at radius 3 is 2.50 bits per heavy atom. The van der Waals surface area contributed by atoms with Crippen LogP contribution in [-0.4, -0.2) is 18.2 Å². The monoisotopic (exact) mass is 302 g/mol. The van der Waals surface area contributed by atoms with Crippen LogP contribution in [0.2, 0.25) is 0 Å². The number of benzene rings is 1. The van der Waals surface area contributed by atoms with Gasteiger partial charge in [-0.2, -0.15) is 0 Å². The minimum Gasteiger partial charge on any atom is -0.497 e. The fourth-order valence-corrected chi connectivity index (χ4v) is 1.94. The number of nitrogens with zero attached hydrogens (tertiary/aromatic N) is 1. The SMILES string of the molecule is COc1ccc(CCC(=O)Nc2cc(C(C)(C)C)on2)cc1. The van der Waals surface area contributed by atoms with Gasteiger partial charge in [-0.15, -0.1) is 0 Å². The van der Waals surface area contributed by atoms with E-state index in [1.807, 2.05) is 45.0 Å². The standard InChI is InChI=1S/C17H22N2O3/c1-17(2,3)14-11-15(19-22-14)18-16(20)10-7-12-5-8-13(21-4)9-6-12/h5-6,8-9,11H,7,10H2,1-4H3,(H,18,19,20). The summed E-state index contributed by atoms with van der Waals surface area (Å²) in [5, 5.41) is 6.64. The number of hydrogen-bond donors (Lipinski definition) is 1. The molecular weight excluding hydrogens is 280 g/mol. The number of hydrogen-bond acceptors (Lipinski definition) is 4. The summed E-state index contributed by atoms with van der Waals surface area (Å²) in [5.74, 6) is 1.94. The Hall–Kier alpha value is -2.30. The number of aryl methyl sites for hydroxylation is 1. The van der Waals surface area contributed by atoms with Crippen LogP contribution in [0, 0.1) is 0 Å². The van der Waals surface area contributed by atoms with E-state index in [1.54, 1.807) is 13.2 Å². The molecule has 1 heterocycles. The Balaban J connectivity index is 1.86. The number of carbonyl (C=O) groups excluding carboxylic acids is 1. The first-order valence-electron chi connectivity index (χ1n) is 7.28. The smallest absolute Gasteiger partial charge is 0.225 e. The normalized spacial score (nSPS) is 11.3. The molecule has 1 N–H and O–H groups in total. The molecule has 0 radical (unpaired) electrons. The third-order valence-corrected chi connectivity index (χ3v) is 3.32. The first kappa shape index (κ1) is 16.1. The maximum Gasteiger partial charge on any atom is 0.225 e. The predicted octanol–water partition coefficient (Wildman–Crippen LogP) is 3.55. The highest BCUT2D eigenvalue weighted by atomic mass is 16.5. The average Bonchev–Trinajstić information content (AvgIpc) is 2.94. The van der Waals surface area contributed by atoms with E-state index in [0.29, 0.717) is 18.7 Å². The van der Waals surface area contributed by atoms with Gasteiger partial charge >= 0.3 is 0 Å². The fraction of sp³-hybridized carbons (Fsp3) is 0.412. The number of carbonyl (C=O) groups is 1. The maximum absolute atomic E-state index is 12.0. The van der Waals surface area contributed by atoms with Crippen molar-refractivity contribution in [3.63, 3.8) is 0 Å². The Morgan fingerprint density at radius 1 is 1.27 bits per heavy atom. The van der Waals surface area contributed by atoms with Gasteiger partial charge in [0.05, 0.1) is 7.11 Å². The minimum absolute atomic E-state index is 0.0791. The van der Waals surface area contributed by atoms with Gasteiger partial charge in [-0.05, 0) is 24.1 Å². The predicted molar refractivity (Wildman–Crippen MR) is 85.1 cm³/mol. The molecule has 0 unspecified atom stereocenters. The molecule has 0 aliphatic carbocycles. The number of anilines is 1. The minimum atomic E-state index is -0.126. The molecule has 2 rings (SSSR count). The quantitative estimate of drug-likeness (QED) is 0.917. The van der Waals surface area contributed by atoms with E-state index in [-0.39, 0.29) is 11.3 Å². The van der Waals surface area contributed by atoms with Crippen molar-refractivity contribution in [2.45, 2.75) is 39.0 Å². The van der Waals surface area contributed by atoms with E-state index in [2.05, 4.69) is 10.5 Å². The Kier molecular flexibility index (Phi) is 4.85. The van der Waals surface area contributed by atoms with Gasteiger partial charge in [-0.1, -0.05) is 38.1 Å². The zero-order valence-electron chi connectivity index (χ0n) is 13.5. The van der Waals surface area contributed by atoms with Gasteiger partial charge in [0, 0.05) is 17.9 Å².